The van der Waals surface area contributed by atoms with E-state index in [1.54, 1.807) is 19.4 Å². The lowest BCUT2D eigenvalue weighted by molar-refractivity contribution is -0.0540. The molecule has 6 heteroatoms. The number of halogens is 1. The van der Waals surface area contributed by atoms with Crippen LogP contribution in [-0.4, -0.2) is 69.0 Å². The van der Waals surface area contributed by atoms with E-state index in [4.69, 9.17) is 9.47 Å². The highest BCUT2D eigenvalue weighted by Crippen LogP contribution is 2.48. The van der Waals surface area contributed by atoms with Crippen LogP contribution < -0.4 is 4.90 Å². The third kappa shape index (κ3) is 3.47. The van der Waals surface area contributed by atoms with Gasteiger partial charge in [-0.3, -0.25) is 9.88 Å². The highest BCUT2D eigenvalue weighted by atomic mass is 19.1. The maximum Gasteiger partial charge on any atom is 0.164 e. The van der Waals surface area contributed by atoms with Crippen LogP contribution in [-0.2, 0) is 9.47 Å². The number of pyridine rings is 1. The molecule has 3 atom stereocenters. The lowest BCUT2D eigenvalue weighted by atomic mass is 9.61. The fourth-order valence-corrected chi connectivity index (χ4v) is 5.38. The lowest BCUT2D eigenvalue weighted by Crippen LogP contribution is -2.57. The van der Waals surface area contributed by atoms with Crippen molar-refractivity contribution in [3.63, 3.8) is 0 Å². The van der Waals surface area contributed by atoms with Crippen molar-refractivity contribution >= 4 is 5.69 Å². The number of hydrogen-bond donors (Lipinski definition) is 0. The molecule has 0 unspecified atom stereocenters. The van der Waals surface area contributed by atoms with E-state index < -0.39 is 0 Å². The van der Waals surface area contributed by atoms with Gasteiger partial charge in [0.25, 0.3) is 0 Å². The summed E-state index contributed by atoms with van der Waals surface area (Å²) in [6.07, 6.45) is 7.69. The number of aromatic nitrogens is 1. The maximum atomic E-state index is 14.3. The Morgan fingerprint density at radius 2 is 2.15 bits per heavy atom. The van der Waals surface area contributed by atoms with Gasteiger partial charge >= 0.3 is 0 Å². The SMILES string of the molecule is COC[C@@]12CC[C@@H](N3CCOCC3)C[C@H]1CCN(c1ccncc1F)C2. The molecule has 1 aromatic rings. The molecular weight excluding hydrogens is 333 g/mol. The molecular formula is C20H30FN3O2. The van der Waals surface area contributed by atoms with Gasteiger partial charge in [0.2, 0.25) is 0 Å². The number of methoxy groups -OCH3 is 1. The highest BCUT2D eigenvalue weighted by Gasteiger charge is 2.48. The predicted octanol–water partition coefficient (Wildman–Crippen LogP) is 2.56. The van der Waals surface area contributed by atoms with Gasteiger partial charge in [-0.2, -0.15) is 0 Å². The second-order valence-electron chi connectivity index (χ2n) is 8.11. The number of anilines is 1. The van der Waals surface area contributed by atoms with Crippen LogP contribution in [0.3, 0.4) is 0 Å². The summed E-state index contributed by atoms with van der Waals surface area (Å²) in [7, 11) is 1.80. The molecule has 2 aliphatic heterocycles. The highest BCUT2D eigenvalue weighted by molar-refractivity contribution is 5.47. The molecule has 144 valence electrons. The van der Waals surface area contributed by atoms with Crippen molar-refractivity contribution in [1.82, 2.24) is 9.88 Å². The summed E-state index contributed by atoms with van der Waals surface area (Å²) >= 11 is 0. The normalized spacial score (nSPS) is 33.1. The first-order chi connectivity index (χ1) is 12.7. The molecule has 3 aliphatic rings. The monoisotopic (exact) mass is 363 g/mol. The second kappa shape index (κ2) is 7.79. The third-order valence-electron chi connectivity index (χ3n) is 6.74. The van der Waals surface area contributed by atoms with Crippen LogP contribution in [0.4, 0.5) is 10.1 Å². The van der Waals surface area contributed by atoms with Crippen molar-refractivity contribution in [2.24, 2.45) is 11.3 Å². The van der Waals surface area contributed by atoms with Crippen molar-refractivity contribution in [2.75, 3.05) is 58.0 Å². The number of piperidine rings is 1. The van der Waals surface area contributed by atoms with E-state index in [-0.39, 0.29) is 11.2 Å². The molecule has 26 heavy (non-hydrogen) atoms. The molecule has 1 aliphatic carbocycles. The summed E-state index contributed by atoms with van der Waals surface area (Å²) in [5, 5.41) is 0. The van der Waals surface area contributed by atoms with Gasteiger partial charge in [-0.15, -0.1) is 0 Å². The first-order valence-corrected chi connectivity index (χ1v) is 9.87. The van der Waals surface area contributed by atoms with Gasteiger partial charge < -0.3 is 14.4 Å². The minimum absolute atomic E-state index is 0.130. The third-order valence-corrected chi connectivity index (χ3v) is 6.74. The Balaban J connectivity index is 1.50. The Bertz CT molecular complexity index is 610. The van der Waals surface area contributed by atoms with E-state index in [2.05, 4.69) is 14.8 Å². The minimum atomic E-state index is -0.222. The topological polar surface area (TPSA) is 37.8 Å². The molecule has 1 aromatic heterocycles. The standard InChI is InChI=1S/C20H30FN3O2/c1-25-15-20-5-2-17(23-8-10-26-11-9-23)12-16(20)4-7-24(14-20)19-3-6-22-13-18(19)21/h3,6,13,16-17H,2,4-5,7-12,14-15H2,1H3/t16-,17-,20+/m1/s1. The van der Waals surface area contributed by atoms with Crippen LogP contribution in [0.2, 0.25) is 0 Å². The maximum absolute atomic E-state index is 14.3. The molecule has 0 radical (unpaired) electrons. The van der Waals surface area contributed by atoms with E-state index in [1.165, 1.54) is 19.0 Å². The molecule has 3 fully saturated rings. The number of morpholine rings is 1. The van der Waals surface area contributed by atoms with E-state index in [0.29, 0.717) is 17.6 Å². The molecule has 2 saturated heterocycles. The van der Waals surface area contributed by atoms with E-state index in [0.717, 1.165) is 58.8 Å². The quantitative estimate of drug-likeness (QED) is 0.822. The Hall–Kier alpha value is -1.24. The molecule has 5 nitrogen and oxygen atoms in total. The van der Waals surface area contributed by atoms with Crippen LogP contribution in [0.25, 0.3) is 0 Å². The lowest BCUT2D eigenvalue weighted by Gasteiger charge is -2.54. The number of rotatable bonds is 4. The molecule has 0 aromatic carbocycles. The summed E-state index contributed by atoms with van der Waals surface area (Å²) in [6, 6.07) is 2.47. The largest absolute Gasteiger partial charge is 0.384 e. The fourth-order valence-electron chi connectivity index (χ4n) is 5.38. The number of hydrogen-bond acceptors (Lipinski definition) is 5. The molecule has 0 amide bonds. The zero-order valence-corrected chi connectivity index (χ0v) is 15.7. The van der Waals surface area contributed by atoms with Gasteiger partial charge in [0.05, 0.1) is 31.7 Å². The van der Waals surface area contributed by atoms with Crippen molar-refractivity contribution < 1.29 is 13.9 Å². The van der Waals surface area contributed by atoms with E-state index >= 15 is 0 Å². The van der Waals surface area contributed by atoms with Gasteiger partial charge in [0.1, 0.15) is 0 Å². The van der Waals surface area contributed by atoms with Crippen molar-refractivity contribution in [3.8, 4) is 0 Å². The van der Waals surface area contributed by atoms with Crippen LogP contribution in [0.5, 0.6) is 0 Å². The van der Waals surface area contributed by atoms with Gasteiger partial charge in [-0.1, -0.05) is 0 Å². The molecule has 0 bridgehead atoms. The summed E-state index contributed by atoms with van der Waals surface area (Å²) in [4.78, 5) is 8.72. The van der Waals surface area contributed by atoms with E-state index in [9.17, 15) is 4.39 Å². The molecule has 1 saturated carbocycles. The van der Waals surface area contributed by atoms with E-state index in [1.807, 2.05) is 0 Å². The van der Waals surface area contributed by atoms with Crippen molar-refractivity contribution in [2.45, 2.75) is 31.7 Å². The Labute approximate surface area is 155 Å². The molecule has 3 heterocycles. The van der Waals surface area contributed by atoms with Crippen LogP contribution in [0, 0.1) is 17.2 Å². The predicted molar refractivity (Wildman–Crippen MR) is 98.9 cm³/mol. The minimum Gasteiger partial charge on any atom is -0.384 e. The first-order valence-electron chi connectivity index (χ1n) is 9.87. The average molecular weight is 363 g/mol. The average Bonchev–Trinajstić information content (AvgIpc) is 2.68. The zero-order valence-electron chi connectivity index (χ0n) is 15.7. The zero-order chi connectivity index (χ0) is 18.0. The summed E-state index contributed by atoms with van der Waals surface area (Å²) in [5.41, 5.74) is 0.815. The summed E-state index contributed by atoms with van der Waals surface area (Å²) < 4.78 is 25.5. The summed E-state index contributed by atoms with van der Waals surface area (Å²) in [6.45, 7) is 6.39. The number of nitrogens with zero attached hydrogens (tertiary/aromatic N) is 3. The number of ether oxygens (including phenoxy) is 2. The Morgan fingerprint density at radius 1 is 1.31 bits per heavy atom. The molecule has 0 spiro atoms. The molecule has 4 rings (SSSR count). The Kier molecular flexibility index (Phi) is 5.43. The van der Waals surface area contributed by atoms with Crippen LogP contribution in [0.15, 0.2) is 18.5 Å². The fraction of sp³-hybridized carbons (Fsp3) is 0.750. The smallest absolute Gasteiger partial charge is 0.164 e. The molecule has 0 N–H and O–H groups in total. The number of fused-ring (bicyclic) bond motifs is 1. The Morgan fingerprint density at radius 3 is 2.92 bits per heavy atom. The van der Waals surface area contributed by atoms with Gasteiger partial charge in [-0.05, 0) is 37.7 Å². The van der Waals surface area contributed by atoms with Crippen molar-refractivity contribution in [3.05, 3.63) is 24.3 Å². The van der Waals surface area contributed by atoms with Gasteiger partial charge in [-0.25, -0.2) is 4.39 Å². The van der Waals surface area contributed by atoms with Crippen LogP contribution in [0.1, 0.15) is 25.7 Å². The van der Waals surface area contributed by atoms with Crippen molar-refractivity contribution in [1.29, 1.82) is 0 Å². The van der Waals surface area contributed by atoms with Gasteiger partial charge in [0, 0.05) is 50.9 Å². The first kappa shape index (κ1) is 18.1. The van der Waals surface area contributed by atoms with Crippen LogP contribution >= 0.6 is 0 Å². The summed E-state index contributed by atoms with van der Waals surface area (Å²) in [5.74, 6) is 0.422. The second-order valence-corrected chi connectivity index (χ2v) is 8.11. The van der Waals surface area contributed by atoms with Gasteiger partial charge in [0.15, 0.2) is 5.82 Å².